The Balaban J connectivity index is 2.90. The minimum atomic E-state index is 0.377. The zero-order valence-electron chi connectivity index (χ0n) is 9.47. The van der Waals surface area contributed by atoms with Crippen LogP contribution in [-0.4, -0.2) is 6.54 Å². The predicted octanol–water partition coefficient (Wildman–Crippen LogP) is 4.67. The van der Waals surface area contributed by atoms with E-state index in [1.165, 1.54) is 9.13 Å². The van der Waals surface area contributed by atoms with Gasteiger partial charge in [-0.15, -0.1) is 6.58 Å². The Morgan fingerprint density at radius 2 is 2.31 bits per heavy atom. The molecule has 0 aliphatic rings. The molecular weight excluding hydrogens is 377 g/mol. The van der Waals surface area contributed by atoms with Gasteiger partial charge in [0.1, 0.15) is 0 Å². The maximum Gasteiger partial charge on any atom is 0.0365 e. The van der Waals surface area contributed by atoms with E-state index in [1.54, 1.807) is 0 Å². The maximum atomic E-state index is 3.83. The lowest BCUT2D eigenvalue weighted by atomic mass is 10.0. The molecule has 1 aromatic rings. The van der Waals surface area contributed by atoms with Gasteiger partial charge in [-0.2, -0.15) is 0 Å². The molecule has 0 amide bonds. The third-order valence-corrected chi connectivity index (χ3v) is 3.85. The minimum Gasteiger partial charge on any atom is -0.310 e. The molecule has 0 fully saturated rings. The molecule has 88 valence electrons. The molecule has 1 nitrogen and oxygen atoms in total. The van der Waals surface area contributed by atoms with Gasteiger partial charge < -0.3 is 5.32 Å². The third kappa shape index (κ3) is 4.18. The van der Waals surface area contributed by atoms with Crippen molar-refractivity contribution in [2.24, 2.45) is 0 Å². The summed E-state index contributed by atoms with van der Waals surface area (Å²) in [6, 6.07) is 6.79. The molecule has 1 rings (SSSR count). The van der Waals surface area contributed by atoms with Crippen molar-refractivity contribution in [2.75, 3.05) is 6.54 Å². The molecule has 0 aliphatic carbocycles. The SMILES string of the molecule is C=CCC(NCCC)c1cc(Br)ccc1I. The normalized spacial score (nSPS) is 12.4. The largest absolute Gasteiger partial charge is 0.310 e. The molecule has 0 aliphatic heterocycles. The molecule has 1 N–H and O–H groups in total. The van der Waals surface area contributed by atoms with Crippen molar-refractivity contribution >= 4 is 38.5 Å². The van der Waals surface area contributed by atoms with Crippen LogP contribution in [0.15, 0.2) is 35.3 Å². The Morgan fingerprint density at radius 3 is 2.94 bits per heavy atom. The number of halogens is 2. The van der Waals surface area contributed by atoms with E-state index in [2.05, 4.69) is 75.5 Å². The molecule has 0 aromatic heterocycles. The molecule has 0 heterocycles. The van der Waals surface area contributed by atoms with Gasteiger partial charge in [0, 0.05) is 14.1 Å². The average Bonchev–Trinajstić information content (AvgIpc) is 2.28. The molecular formula is C13H17BrIN. The van der Waals surface area contributed by atoms with E-state index < -0.39 is 0 Å². The standard InChI is InChI=1S/C13H17BrIN/c1-3-5-13(16-8-4-2)11-9-10(14)6-7-12(11)15/h3,6-7,9,13,16H,1,4-5,8H2,2H3. The van der Waals surface area contributed by atoms with Crippen LogP contribution in [0.1, 0.15) is 31.4 Å². The van der Waals surface area contributed by atoms with E-state index in [0.29, 0.717) is 6.04 Å². The molecule has 0 radical (unpaired) electrons. The van der Waals surface area contributed by atoms with E-state index in [4.69, 9.17) is 0 Å². The number of nitrogens with one attached hydrogen (secondary N) is 1. The Bertz CT molecular complexity index is 352. The van der Waals surface area contributed by atoms with Crippen LogP contribution in [0.4, 0.5) is 0 Å². The topological polar surface area (TPSA) is 12.0 Å². The Hall–Kier alpha value is 0.130. The Morgan fingerprint density at radius 1 is 1.56 bits per heavy atom. The van der Waals surface area contributed by atoms with Crippen LogP contribution >= 0.6 is 38.5 Å². The van der Waals surface area contributed by atoms with E-state index in [9.17, 15) is 0 Å². The van der Waals surface area contributed by atoms with Gasteiger partial charge in [-0.3, -0.25) is 0 Å². The highest BCUT2D eigenvalue weighted by Crippen LogP contribution is 2.26. The lowest BCUT2D eigenvalue weighted by Crippen LogP contribution is -2.22. The van der Waals surface area contributed by atoms with Gasteiger partial charge in [-0.05, 0) is 65.7 Å². The second-order valence-corrected chi connectivity index (χ2v) is 5.77. The summed E-state index contributed by atoms with van der Waals surface area (Å²) in [5.41, 5.74) is 1.35. The van der Waals surface area contributed by atoms with Crippen molar-refractivity contribution < 1.29 is 0 Å². The van der Waals surface area contributed by atoms with Gasteiger partial charge >= 0.3 is 0 Å². The van der Waals surface area contributed by atoms with Gasteiger partial charge in [-0.25, -0.2) is 0 Å². The van der Waals surface area contributed by atoms with Crippen molar-refractivity contribution in [3.05, 3.63) is 44.5 Å². The van der Waals surface area contributed by atoms with Crippen LogP contribution in [0.3, 0.4) is 0 Å². The van der Waals surface area contributed by atoms with E-state index in [-0.39, 0.29) is 0 Å². The zero-order valence-corrected chi connectivity index (χ0v) is 13.2. The molecule has 3 heteroatoms. The van der Waals surface area contributed by atoms with Crippen molar-refractivity contribution in [3.63, 3.8) is 0 Å². The molecule has 0 saturated carbocycles. The Kier molecular flexibility index (Phi) is 6.61. The minimum absolute atomic E-state index is 0.377. The summed E-state index contributed by atoms with van der Waals surface area (Å²) < 4.78 is 2.44. The smallest absolute Gasteiger partial charge is 0.0365 e. The van der Waals surface area contributed by atoms with Crippen LogP contribution in [0.25, 0.3) is 0 Å². The van der Waals surface area contributed by atoms with Crippen LogP contribution in [0.2, 0.25) is 0 Å². The number of hydrogen-bond acceptors (Lipinski definition) is 1. The van der Waals surface area contributed by atoms with Gasteiger partial charge in [0.15, 0.2) is 0 Å². The van der Waals surface area contributed by atoms with Crippen molar-refractivity contribution in [1.82, 2.24) is 5.32 Å². The lowest BCUT2D eigenvalue weighted by Gasteiger charge is -2.19. The number of rotatable bonds is 6. The molecule has 1 atom stereocenters. The van der Waals surface area contributed by atoms with Gasteiger partial charge in [0.2, 0.25) is 0 Å². The van der Waals surface area contributed by atoms with Gasteiger partial charge in [0.05, 0.1) is 0 Å². The van der Waals surface area contributed by atoms with Crippen LogP contribution < -0.4 is 5.32 Å². The average molecular weight is 394 g/mol. The highest BCUT2D eigenvalue weighted by Gasteiger charge is 2.12. The quantitative estimate of drug-likeness (QED) is 0.547. The molecule has 1 aromatic carbocycles. The van der Waals surface area contributed by atoms with Crippen LogP contribution in [0, 0.1) is 3.57 Å². The first-order valence-electron chi connectivity index (χ1n) is 5.48. The molecule has 1 unspecified atom stereocenters. The summed E-state index contributed by atoms with van der Waals surface area (Å²) in [7, 11) is 0. The summed E-state index contributed by atoms with van der Waals surface area (Å²) >= 11 is 5.92. The predicted molar refractivity (Wildman–Crippen MR) is 82.7 cm³/mol. The van der Waals surface area contributed by atoms with Crippen molar-refractivity contribution in [2.45, 2.75) is 25.8 Å². The van der Waals surface area contributed by atoms with Gasteiger partial charge in [-0.1, -0.05) is 28.9 Å². The molecule has 0 bridgehead atoms. The summed E-state index contributed by atoms with van der Waals surface area (Å²) in [4.78, 5) is 0. The van der Waals surface area contributed by atoms with E-state index in [1.807, 2.05) is 6.08 Å². The molecule has 0 saturated heterocycles. The lowest BCUT2D eigenvalue weighted by molar-refractivity contribution is 0.535. The maximum absolute atomic E-state index is 3.83. The highest BCUT2D eigenvalue weighted by atomic mass is 127. The van der Waals surface area contributed by atoms with Crippen molar-refractivity contribution in [1.29, 1.82) is 0 Å². The zero-order chi connectivity index (χ0) is 12.0. The van der Waals surface area contributed by atoms with Crippen LogP contribution in [-0.2, 0) is 0 Å². The first kappa shape index (κ1) is 14.2. The van der Waals surface area contributed by atoms with E-state index >= 15 is 0 Å². The van der Waals surface area contributed by atoms with Crippen molar-refractivity contribution in [3.8, 4) is 0 Å². The second kappa shape index (κ2) is 7.45. The van der Waals surface area contributed by atoms with E-state index in [0.717, 1.165) is 23.9 Å². The fourth-order valence-electron chi connectivity index (χ4n) is 1.59. The summed E-state index contributed by atoms with van der Waals surface area (Å²) in [6.07, 6.45) is 4.09. The first-order chi connectivity index (χ1) is 7.69. The summed E-state index contributed by atoms with van der Waals surface area (Å²) in [5, 5.41) is 3.56. The number of benzene rings is 1. The number of hydrogen-bond donors (Lipinski definition) is 1. The second-order valence-electron chi connectivity index (χ2n) is 3.70. The third-order valence-electron chi connectivity index (χ3n) is 2.38. The first-order valence-corrected chi connectivity index (χ1v) is 7.35. The molecule has 0 spiro atoms. The fourth-order valence-corrected chi connectivity index (χ4v) is 2.68. The fraction of sp³-hybridized carbons (Fsp3) is 0.385. The summed E-state index contributed by atoms with van der Waals surface area (Å²) in [6.45, 7) is 7.06. The highest BCUT2D eigenvalue weighted by molar-refractivity contribution is 14.1. The molecule has 16 heavy (non-hydrogen) atoms. The van der Waals surface area contributed by atoms with Crippen LogP contribution in [0.5, 0.6) is 0 Å². The summed E-state index contributed by atoms with van der Waals surface area (Å²) in [5.74, 6) is 0. The monoisotopic (exact) mass is 393 g/mol. The van der Waals surface area contributed by atoms with Gasteiger partial charge in [0.25, 0.3) is 0 Å². The Labute approximate surface area is 120 Å².